The minimum atomic E-state index is -0.528. The monoisotopic (exact) mass is 157 g/mol. The van der Waals surface area contributed by atoms with Crippen molar-refractivity contribution in [2.75, 3.05) is 0 Å². The molecule has 0 fully saturated rings. The van der Waals surface area contributed by atoms with E-state index in [0.29, 0.717) is 6.42 Å². The molecule has 3 heteroatoms. The predicted octanol–water partition coefficient (Wildman–Crippen LogP) is 2.35. The molecule has 0 heterocycles. The first-order chi connectivity index (χ1) is 4.93. The minimum absolute atomic E-state index is 0.153. The van der Waals surface area contributed by atoms with Crippen molar-refractivity contribution in [2.24, 2.45) is 16.5 Å². The third kappa shape index (κ3) is 2.78. The summed E-state index contributed by atoms with van der Waals surface area (Å²) >= 11 is 0. The fourth-order valence-electron chi connectivity index (χ4n) is 1.22. The molecule has 3 nitrogen and oxygen atoms in total. The van der Waals surface area contributed by atoms with Crippen LogP contribution in [0.2, 0.25) is 0 Å². The van der Waals surface area contributed by atoms with E-state index in [-0.39, 0.29) is 11.3 Å². The second-order valence-corrected chi connectivity index (χ2v) is 3.76. The van der Waals surface area contributed by atoms with E-state index in [1.165, 1.54) is 0 Å². The summed E-state index contributed by atoms with van der Waals surface area (Å²) in [6.45, 7) is 7.69. The maximum Gasteiger partial charge on any atom is 0.289 e. The molecule has 0 aliphatic heterocycles. The lowest BCUT2D eigenvalue weighted by molar-refractivity contribution is -0.124. The van der Waals surface area contributed by atoms with Gasteiger partial charge in [0.2, 0.25) is 0 Å². The summed E-state index contributed by atoms with van der Waals surface area (Å²) in [4.78, 5) is 20.9. The lowest BCUT2D eigenvalue weighted by atomic mass is 9.79. The average Bonchev–Trinajstić information content (AvgIpc) is 1.86. The van der Waals surface area contributed by atoms with Crippen LogP contribution in [0.25, 0.3) is 0 Å². The summed E-state index contributed by atoms with van der Waals surface area (Å²) in [6, 6.07) is 0. The number of amides is 1. The highest BCUT2D eigenvalue weighted by Crippen LogP contribution is 2.29. The van der Waals surface area contributed by atoms with E-state index in [0.717, 1.165) is 0 Å². The number of rotatable bonds is 2. The SMILES string of the molecule is CCC(C(=O)N=O)C(C)(C)C. The third-order valence-corrected chi connectivity index (χ3v) is 1.84. The van der Waals surface area contributed by atoms with E-state index in [1.807, 2.05) is 27.7 Å². The van der Waals surface area contributed by atoms with Gasteiger partial charge >= 0.3 is 0 Å². The van der Waals surface area contributed by atoms with Crippen LogP contribution in [0.1, 0.15) is 34.1 Å². The highest BCUT2D eigenvalue weighted by Gasteiger charge is 2.29. The molecule has 1 amide bonds. The zero-order valence-corrected chi connectivity index (χ0v) is 7.55. The molecule has 0 aliphatic rings. The fraction of sp³-hybridized carbons (Fsp3) is 0.875. The Bertz CT molecular complexity index is 158. The molecular weight excluding hydrogens is 142 g/mol. The first-order valence-corrected chi connectivity index (χ1v) is 3.80. The summed E-state index contributed by atoms with van der Waals surface area (Å²) < 4.78 is 0. The number of nitrogens with zero attached hydrogens (tertiary/aromatic N) is 1. The molecule has 0 aromatic rings. The first-order valence-electron chi connectivity index (χ1n) is 3.80. The second kappa shape index (κ2) is 3.60. The van der Waals surface area contributed by atoms with E-state index in [9.17, 15) is 9.70 Å². The van der Waals surface area contributed by atoms with E-state index < -0.39 is 5.91 Å². The summed E-state index contributed by atoms with van der Waals surface area (Å²) in [5.41, 5.74) is -0.153. The van der Waals surface area contributed by atoms with E-state index in [4.69, 9.17) is 0 Å². The van der Waals surface area contributed by atoms with Crippen LogP contribution in [0.4, 0.5) is 0 Å². The Kier molecular flexibility index (Phi) is 3.36. The van der Waals surface area contributed by atoms with E-state index >= 15 is 0 Å². The lowest BCUT2D eigenvalue weighted by Gasteiger charge is -2.25. The van der Waals surface area contributed by atoms with Crippen molar-refractivity contribution in [1.82, 2.24) is 0 Å². The van der Waals surface area contributed by atoms with Crippen molar-refractivity contribution in [1.29, 1.82) is 0 Å². The zero-order valence-electron chi connectivity index (χ0n) is 7.55. The van der Waals surface area contributed by atoms with Crippen LogP contribution in [0.15, 0.2) is 5.18 Å². The van der Waals surface area contributed by atoms with Gasteiger partial charge in [-0.15, -0.1) is 4.91 Å². The molecule has 0 aromatic carbocycles. The van der Waals surface area contributed by atoms with E-state index in [1.54, 1.807) is 0 Å². The van der Waals surface area contributed by atoms with Crippen molar-refractivity contribution in [2.45, 2.75) is 34.1 Å². The molecule has 0 radical (unpaired) electrons. The molecule has 11 heavy (non-hydrogen) atoms. The minimum Gasteiger partial charge on any atom is -0.269 e. The number of nitroso groups, excluding NO2 is 1. The molecule has 0 bridgehead atoms. The Balaban J connectivity index is 4.41. The largest absolute Gasteiger partial charge is 0.289 e. The van der Waals surface area contributed by atoms with Gasteiger partial charge in [0.15, 0.2) is 0 Å². The number of carbonyl (C=O) groups is 1. The molecule has 0 aromatic heterocycles. The maximum atomic E-state index is 10.9. The molecular formula is C8H15NO2. The van der Waals surface area contributed by atoms with Gasteiger partial charge in [0, 0.05) is 11.1 Å². The Hall–Kier alpha value is -0.730. The molecule has 64 valence electrons. The Labute approximate surface area is 67.2 Å². The Morgan fingerprint density at radius 1 is 1.45 bits per heavy atom. The Morgan fingerprint density at radius 2 is 1.91 bits per heavy atom. The van der Waals surface area contributed by atoms with Gasteiger partial charge in [-0.2, -0.15) is 0 Å². The van der Waals surface area contributed by atoms with Crippen LogP contribution < -0.4 is 0 Å². The standard InChI is InChI=1S/C8H15NO2/c1-5-6(7(10)9-11)8(2,3)4/h6H,5H2,1-4H3. The fourth-order valence-corrected chi connectivity index (χ4v) is 1.22. The molecule has 0 saturated carbocycles. The van der Waals surface area contributed by atoms with Crippen molar-refractivity contribution >= 4 is 5.91 Å². The van der Waals surface area contributed by atoms with E-state index in [2.05, 4.69) is 5.18 Å². The van der Waals surface area contributed by atoms with Crippen LogP contribution in [0.5, 0.6) is 0 Å². The highest BCUT2D eigenvalue weighted by molar-refractivity contribution is 5.79. The molecule has 0 aliphatic carbocycles. The Morgan fingerprint density at radius 3 is 2.00 bits per heavy atom. The van der Waals surface area contributed by atoms with Gasteiger partial charge in [-0.05, 0) is 11.8 Å². The number of hydrogen-bond acceptors (Lipinski definition) is 2. The van der Waals surface area contributed by atoms with Crippen molar-refractivity contribution in [3.63, 3.8) is 0 Å². The summed E-state index contributed by atoms with van der Waals surface area (Å²) in [5, 5.41) is 2.44. The van der Waals surface area contributed by atoms with Gasteiger partial charge in [-0.25, -0.2) is 0 Å². The average molecular weight is 157 g/mol. The van der Waals surface area contributed by atoms with Crippen LogP contribution in [0, 0.1) is 16.2 Å². The number of carbonyl (C=O) groups excluding carboxylic acids is 1. The molecule has 1 unspecified atom stereocenters. The predicted molar refractivity (Wildman–Crippen MR) is 44.0 cm³/mol. The van der Waals surface area contributed by atoms with Gasteiger partial charge in [0.25, 0.3) is 5.91 Å². The molecule has 0 N–H and O–H groups in total. The van der Waals surface area contributed by atoms with Gasteiger partial charge < -0.3 is 0 Å². The van der Waals surface area contributed by atoms with Crippen molar-refractivity contribution < 1.29 is 4.79 Å². The topological polar surface area (TPSA) is 46.5 Å². The summed E-state index contributed by atoms with van der Waals surface area (Å²) in [5.74, 6) is -0.764. The molecule has 0 rings (SSSR count). The lowest BCUT2D eigenvalue weighted by Crippen LogP contribution is -2.26. The molecule has 0 saturated heterocycles. The maximum absolute atomic E-state index is 10.9. The van der Waals surface area contributed by atoms with Gasteiger partial charge in [-0.3, -0.25) is 4.79 Å². The highest BCUT2D eigenvalue weighted by atomic mass is 16.3. The van der Waals surface area contributed by atoms with Crippen LogP contribution in [0.3, 0.4) is 0 Å². The smallest absolute Gasteiger partial charge is 0.269 e. The summed E-state index contributed by atoms with van der Waals surface area (Å²) in [7, 11) is 0. The van der Waals surface area contributed by atoms with Crippen LogP contribution in [-0.2, 0) is 4.79 Å². The normalized spacial score (nSPS) is 14.2. The van der Waals surface area contributed by atoms with Crippen LogP contribution in [-0.4, -0.2) is 5.91 Å². The van der Waals surface area contributed by atoms with Gasteiger partial charge in [0.05, 0.1) is 0 Å². The molecule has 1 atom stereocenters. The van der Waals surface area contributed by atoms with Crippen molar-refractivity contribution in [3.05, 3.63) is 4.91 Å². The molecule has 0 spiro atoms. The van der Waals surface area contributed by atoms with Gasteiger partial charge in [0.1, 0.15) is 0 Å². The van der Waals surface area contributed by atoms with Gasteiger partial charge in [-0.1, -0.05) is 27.7 Å². The van der Waals surface area contributed by atoms with Crippen LogP contribution >= 0.6 is 0 Å². The summed E-state index contributed by atoms with van der Waals surface area (Å²) in [6.07, 6.45) is 0.675. The quantitative estimate of drug-likeness (QED) is 0.577. The first kappa shape index (κ1) is 10.3. The second-order valence-electron chi connectivity index (χ2n) is 3.76. The third-order valence-electron chi connectivity index (χ3n) is 1.84. The zero-order chi connectivity index (χ0) is 9.07. The number of hydrogen-bond donors (Lipinski definition) is 0. The van der Waals surface area contributed by atoms with Crippen molar-refractivity contribution in [3.8, 4) is 0 Å².